The number of hydrogen-bond acceptors (Lipinski definition) is 13. The van der Waals surface area contributed by atoms with E-state index in [0.29, 0.717) is 25.8 Å². The zero-order chi connectivity index (χ0) is 48.4. The summed E-state index contributed by atoms with van der Waals surface area (Å²) < 4.78 is 0. The smallest absolute Gasteiger partial charge is 0.224 e. The van der Waals surface area contributed by atoms with Crippen LogP contribution < -0.4 is 27.0 Å². The van der Waals surface area contributed by atoms with Gasteiger partial charge < -0.3 is 37.0 Å². The lowest BCUT2D eigenvalue weighted by atomic mass is 9.88. The van der Waals surface area contributed by atoms with Crippen LogP contribution in [-0.4, -0.2) is 124 Å². The number of rotatable bonds is 30. The molecule has 2 heterocycles. The van der Waals surface area contributed by atoms with Crippen LogP contribution in [0.25, 0.3) is 0 Å². The number of Topliss-reactive ketones (excluding diaryl/α,β-unsaturated/α-hetero) is 6. The molecule has 7 N–H and O–H groups in total. The average Bonchev–Trinajstić information content (AvgIpc) is 3.89. The maximum absolute atomic E-state index is 13.7. The van der Waals surface area contributed by atoms with E-state index in [4.69, 9.17) is 5.73 Å². The summed E-state index contributed by atoms with van der Waals surface area (Å²) in [5, 5.41) is 20.6. The molecule has 18 nitrogen and oxygen atoms in total. The first-order chi connectivity index (χ1) is 29.9. The Labute approximate surface area is 377 Å². The molecular weight excluding hydrogens is 829 g/mol. The van der Waals surface area contributed by atoms with Gasteiger partial charge in [0.25, 0.3) is 0 Å². The first-order valence-electron chi connectivity index (χ1n) is 22.9. The molecule has 5 amide bonds. The molecule has 0 aromatic carbocycles. The van der Waals surface area contributed by atoms with Crippen LogP contribution in [0.15, 0.2) is 0 Å². The van der Waals surface area contributed by atoms with Gasteiger partial charge in [0, 0.05) is 81.7 Å². The second-order valence-electron chi connectivity index (χ2n) is 18.9. The van der Waals surface area contributed by atoms with E-state index in [-0.39, 0.29) is 106 Å². The molecule has 0 aromatic rings. The molecule has 0 aliphatic carbocycles. The van der Waals surface area contributed by atoms with E-state index in [1.807, 2.05) is 27.7 Å². The SMILES string of the molecule is CC(=O)[C@H](C)CC(=O)[C@@H]1CCCN1C(=O)CCC(=O)[C@H](C)NC(=O)[C@@H](CC(=O)CNC(=O)[C@@H](CC(=O)[C@H](CCC(N)=O)NC(=O)[C@H](C)CC(=O)[C@H]1C[C@H](O)CN1)CC(C)C)CC(C)C. The van der Waals surface area contributed by atoms with Gasteiger partial charge in [-0.15, -0.1) is 0 Å². The van der Waals surface area contributed by atoms with E-state index >= 15 is 0 Å². The van der Waals surface area contributed by atoms with E-state index in [1.165, 1.54) is 25.7 Å². The number of aliphatic hydroxyl groups excluding tert-OH is 1. The summed E-state index contributed by atoms with van der Waals surface area (Å²) in [5.74, 6) is -7.81. The summed E-state index contributed by atoms with van der Waals surface area (Å²) in [6, 6.07) is -3.37. The first kappa shape index (κ1) is 55.4. The van der Waals surface area contributed by atoms with Crippen molar-refractivity contribution in [2.45, 2.75) is 169 Å². The van der Waals surface area contributed by atoms with E-state index in [2.05, 4.69) is 21.3 Å². The largest absolute Gasteiger partial charge is 0.392 e. The Morgan fingerprint density at radius 1 is 0.719 bits per heavy atom. The molecule has 360 valence electrons. The minimum atomic E-state index is -1.18. The van der Waals surface area contributed by atoms with Crippen LogP contribution in [-0.2, 0) is 52.7 Å². The number of amides is 5. The Bertz CT molecular complexity index is 1710. The molecule has 2 saturated heterocycles. The number of carbonyl (C=O) groups is 11. The van der Waals surface area contributed by atoms with Gasteiger partial charge in [-0.3, -0.25) is 52.7 Å². The number of carbonyl (C=O) groups excluding carboxylic acids is 11. The minimum absolute atomic E-state index is 0.0115. The summed E-state index contributed by atoms with van der Waals surface area (Å²) in [5.41, 5.74) is 5.35. The number of hydrogen-bond donors (Lipinski definition) is 6. The molecule has 2 aliphatic rings. The molecule has 2 fully saturated rings. The van der Waals surface area contributed by atoms with Gasteiger partial charge >= 0.3 is 0 Å². The highest BCUT2D eigenvalue weighted by atomic mass is 16.3. The van der Waals surface area contributed by atoms with Gasteiger partial charge in [-0.2, -0.15) is 0 Å². The molecule has 0 radical (unpaired) electrons. The Morgan fingerprint density at radius 3 is 1.89 bits per heavy atom. The predicted octanol–water partition coefficient (Wildman–Crippen LogP) is 1.44. The summed E-state index contributed by atoms with van der Waals surface area (Å²) in [4.78, 5) is 144. The molecule has 9 atom stereocenters. The standard InChI is InChI=1S/C46H74N6O12/c1-25(2)16-31(46(64)50-29(7)38(56)12-14-43(61)52-15-9-10-37(52)41(59)18-27(5)30(8)53)20-33(54)24-49-45(63)32(17-26(3)4)21-40(58)35(11-13-42(47)60)51-44(62)28(6)19-39(57)36-22-34(55)23-48-36/h25-29,31-32,34-37,48,55H,9-24H2,1-8H3,(H2,47,60)(H,49,63)(H,50,64)(H,51,62)/t27-,28-,29+,31-,32-,34+,35+,36-,37+/m1/s1. The number of primary amides is 1. The predicted molar refractivity (Wildman–Crippen MR) is 236 cm³/mol. The normalized spacial score (nSPS) is 20.1. The summed E-state index contributed by atoms with van der Waals surface area (Å²) in [7, 11) is 0. The number of nitrogens with two attached hydrogens (primary N) is 1. The number of β-amino-alcohol motifs (C(OH)–C–C–N with tert-alkyl or cyclic N) is 1. The lowest BCUT2D eigenvalue weighted by Gasteiger charge is -2.25. The number of nitrogens with one attached hydrogen (secondary N) is 4. The van der Waals surface area contributed by atoms with Crippen LogP contribution in [0.5, 0.6) is 0 Å². The second-order valence-corrected chi connectivity index (χ2v) is 18.9. The molecule has 0 unspecified atom stereocenters. The molecule has 0 saturated carbocycles. The van der Waals surface area contributed by atoms with Crippen LogP contribution in [0.3, 0.4) is 0 Å². The number of ketones is 6. The fourth-order valence-corrected chi connectivity index (χ4v) is 8.16. The van der Waals surface area contributed by atoms with Gasteiger partial charge in [0.1, 0.15) is 5.78 Å². The van der Waals surface area contributed by atoms with Crippen LogP contribution >= 0.6 is 0 Å². The zero-order valence-electron chi connectivity index (χ0n) is 39.1. The highest BCUT2D eigenvalue weighted by Gasteiger charge is 2.36. The number of nitrogens with zero attached hydrogens (tertiary/aromatic N) is 1. The maximum Gasteiger partial charge on any atom is 0.224 e. The van der Waals surface area contributed by atoms with Crippen LogP contribution in [0, 0.1) is 35.5 Å². The lowest BCUT2D eigenvalue weighted by molar-refractivity contribution is -0.139. The molecule has 0 bridgehead atoms. The molecule has 2 rings (SSSR count). The summed E-state index contributed by atoms with van der Waals surface area (Å²) in [6.07, 6.45) is -0.113. The van der Waals surface area contributed by atoms with Crippen LogP contribution in [0.2, 0.25) is 0 Å². The monoisotopic (exact) mass is 903 g/mol. The van der Waals surface area contributed by atoms with Gasteiger partial charge in [-0.25, -0.2) is 0 Å². The highest BCUT2D eigenvalue weighted by molar-refractivity contribution is 5.97. The maximum atomic E-state index is 13.7. The van der Waals surface area contributed by atoms with Crippen molar-refractivity contribution in [2.75, 3.05) is 19.6 Å². The minimum Gasteiger partial charge on any atom is -0.392 e. The Morgan fingerprint density at radius 2 is 1.33 bits per heavy atom. The molecular formula is C46H74N6O12. The van der Waals surface area contributed by atoms with Crippen molar-refractivity contribution in [2.24, 2.45) is 41.2 Å². The van der Waals surface area contributed by atoms with E-state index in [0.717, 1.165) is 0 Å². The van der Waals surface area contributed by atoms with Gasteiger partial charge in [0.05, 0.1) is 36.8 Å². The fourth-order valence-electron chi connectivity index (χ4n) is 8.16. The van der Waals surface area contributed by atoms with Crippen molar-refractivity contribution in [1.82, 2.24) is 26.2 Å². The topological polar surface area (TPSA) is 285 Å². The first-order valence-corrected chi connectivity index (χ1v) is 22.9. The van der Waals surface area contributed by atoms with E-state index in [9.17, 15) is 57.8 Å². The Hall–Kier alpha value is -4.71. The number of aliphatic hydroxyl groups is 1. The van der Waals surface area contributed by atoms with Gasteiger partial charge in [-0.1, -0.05) is 41.5 Å². The average molecular weight is 903 g/mol. The number of likely N-dealkylation sites (tertiary alicyclic amines) is 1. The summed E-state index contributed by atoms with van der Waals surface area (Å²) in [6.45, 7) is 13.8. The third-order valence-electron chi connectivity index (χ3n) is 12.0. The second kappa shape index (κ2) is 26.9. The van der Waals surface area contributed by atoms with Crippen molar-refractivity contribution in [3.05, 3.63) is 0 Å². The fraction of sp³-hybridized carbons (Fsp3) is 0.761. The van der Waals surface area contributed by atoms with Gasteiger partial charge in [0.15, 0.2) is 28.9 Å². The third kappa shape index (κ3) is 19.2. The molecule has 0 spiro atoms. The third-order valence-corrected chi connectivity index (χ3v) is 12.0. The van der Waals surface area contributed by atoms with Crippen molar-refractivity contribution in [1.29, 1.82) is 0 Å². The highest BCUT2D eigenvalue weighted by Crippen LogP contribution is 2.24. The van der Waals surface area contributed by atoms with Gasteiger partial charge in [0.2, 0.25) is 29.5 Å². The van der Waals surface area contributed by atoms with Crippen molar-refractivity contribution >= 4 is 64.2 Å². The lowest BCUT2D eigenvalue weighted by Crippen LogP contribution is -2.46. The molecule has 18 heteroatoms. The molecule has 0 aromatic heterocycles. The van der Waals surface area contributed by atoms with E-state index < -0.39 is 101 Å². The van der Waals surface area contributed by atoms with Crippen molar-refractivity contribution in [3.8, 4) is 0 Å². The van der Waals surface area contributed by atoms with Crippen LogP contribution in [0.1, 0.15) is 139 Å². The molecule has 2 aliphatic heterocycles. The van der Waals surface area contributed by atoms with Crippen molar-refractivity contribution in [3.63, 3.8) is 0 Å². The van der Waals surface area contributed by atoms with E-state index in [1.54, 1.807) is 6.92 Å². The van der Waals surface area contributed by atoms with Crippen LogP contribution in [0.4, 0.5) is 0 Å². The zero-order valence-corrected chi connectivity index (χ0v) is 39.1. The van der Waals surface area contributed by atoms with Crippen molar-refractivity contribution < 1.29 is 57.8 Å². The quantitative estimate of drug-likeness (QED) is 0.0596. The Balaban J connectivity index is 2.00. The summed E-state index contributed by atoms with van der Waals surface area (Å²) >= 11 is 0. The molecule has 64 heavy (non-hydrogen) atoms. The Kier molecular flexibility index (Phi) is 23.3. The van der Waals surface area contributed by atoms with Gasteiger partial charge in [-0.05, 0) is 64.2 Å².